The van der Waals surface area contributed by atoms with E-state index in [0.717, 1.165) is 37.9 Å². The van der Waals surface area contributed by atoms with Crippen LogP contribution in [0.1, 0.15) is 24.8 Å². The van der Waals surface area contributed by atoms with Crippen LogP contribution in [-0.2, 0) is 23.1 Å². The molecule has 0 saturated carbocycles. The highest BCUT2D eigenvalue weighted by Crippen LogP contribution is 2.20. The van der Waals surface area contributed by atoms with Crippen LogP contribution in [0.4, 0.5) is 0 Å². The lowest BCUT2D eigenvalue weighted by atomic mass is 10.0. The molecule has 1 aromatic heterocycles. The van der Waals surface area contributed by atoms with Crippen molar-refractivity contribution in [3.05, 3.63) is 18.0 Å². The number of ether oxygens (including phenoxy) is 1. The first-order valence-corrected chi connectivity index (χ1v) is 6.00. The fourth-order valence-electron chi connectivity index (χ4n) is 2.37. The van der Waals surface area contributed by atoms with Crippen molar-refractivity contribution in [3.8, 4) is 0 Å². The number of carbonyl (C=O) groups is 1. The lowest BCUT2D eigenvalue weighted by molar-refractivity contribution is -0.148. The third-order valence-electron chi connectivity index (χ3n) is 3.23. The van der Waals surface area contributed by atoms with Gasteiger partial charge in [-0.05, 0) is 19.4 Å². The maximum absolute atomic E-state index is 11.7. The molecular formula is C12H19N3O2. The number of rotatable bonds is 3. The Morgan fingerprint density at radius 2 is 2.41 bits per heavy atom. The van der Waals surface area contributed by atoms with Crippen molar-refractivity contribution in [2.75, 3.05) is 13.7 Å². The van der Waals surface area contributed by atoms with Crippen LogP contribution >= 0.6 is 0 Å². The first-order chi connectivity index (χ1) is 8.20. The largest absolute Gasteiger partial charge is 0.468 e. The molecule has 2 rings (SSSR count). The van der Waals surface area contributed by atoms with Gasteiger partial charge in [0.1, 0.15) is 6.04 Å². The average Bonchev–Trinajstić information content (AvgIpc) is 2.74. The summed E-state index contributed by atoms with van der Waals surface area (Å²) in [5.74, 6) is -0.117. The highest BCUT2D eigenvalue weighted by atomic mass is 16.5. The Bertz CT molecular complexity index is 389. The Balaban J connectivity index is 2.03. The van der Waals surface area contributed by atoms with Gasteiger partial charge >= 0.3 is 5.97 Å². The number of aryl methyl sites for hydroxylation is 1. The van der Waals surface area contributed by atoms with Crippen LogP contribution in [0.5, 0.6) is 0 Å². The first-order valence-electron chi connectivity index (χ1n) is 6.00. The smallest absolute Gasteiger partial charge is 0.323 e. The van der Waals surface area contributed by atoms with Gasteiger partial charge in [-0.2, -0.15) is 5.10 Å². The quantitative estimate of drug-likeness (QED) is 0.734. The van der Waals surface area contributed by atoms with E-state index < -0.39 is 0 Å². The summed E-state index contributed by atoms with van der Waals surface area (Å²) in [6, 6.07) is -0.0889. The van der Waals surface area contributed by atoms with Crippen molar-refractivity contribution in [3.63, 3.8) is 0 Å². The normalized spacial score (nSPS) is 21.4. The second kappa shape index (κ2) is 5.31. The molecule has 2 heterocycles. The molecule has 0 radical (unpaired) electrons. The van der Waals surface area contributed by atoms with Gasteiger partial charge in [-0.1, -0.05) is 6.42 Å². The SMILES string of the molecule is COC(=O)[C@H]1CCCCN1Cc1cnn(C)c1. The molecule has 0 unspecified atom stereocenters. The molecule has 0 spiro atoms. The molecule has 1 aliphatic heterocycles. The van der Waals surface area contributed by atoms with Gasteiger partial charge in [-0.3, -0.25) is 14.4 Å². The minimum Gasteiger partial charge on any atom is -0.468 e. The van der Waals surface area contributed by atoms with Crippen molar-refractivity contribution < 1.29 is 9.53 Å². The molecule has 1 saturated heterocycles. The lowest BCUT2D eigenvalue weighted by Crippen LogP contribution is -2.44. The van der Waals surface area contributed by atoms with Gasteiger partial charge in [0.05, 0.1) is 13.3 Å². The van der Waals surface area contributed by atoms with E-state index in [9.17, 15) is 4.79 Å². The summed E-state index contributed by atoms with van der Waals surface area (Å²) >= 11 is 0. The summed E-state index contributed by atoms with van der Waals surface area (Å²) in [6.45, 7) is 1.72. The average molecular weight is 237 g/mol. The zero-order chi connectivity index (χ0) is 12.3. The Hall–Kier alpha value is -1.36. The van der Waals surface area contributed by atoms with Crippen molar-refractivity contribution in [1.29, 1.82) is 0 Å². The monoisotopic (exact) mass is 237 g/mol. The van der Waals surface area contributed by atoms with E-state index in [4.69, 9.17) is 4.74 Å². The molecule has 0 amide bonds. The van der Waals surface area contributed by atoms with E-state index >= 15 is 0 Å². The molecule has 0 aromatic carbocycles. The van der Waals surface area contributed by atoms with Gasteiger partial charge in [-0.15, -0.1) is 0 Å². The number of aromatic nitrogens is 2. The van der Waals surface area contributed by atoms with Crippen molar-refractivity contribution >= 4 is 5.97 Å². The summed E-state index contributed by atoms with van der Waals surface area (Å²) in [6.07, 6.45) is 6.98. The van der Waals surface area contributed by atoms with E-state index in [1.807, 2.05) is 19.4 Å². The minimum absolute atomic E-state index is 0.0889. The molecule has 0 N–H and O–H groups in total. The van der Waals surface area contributed by atoms with Crippen LogP contribution in [-0.4, -0.2) is 40.3 Å². The molecule has 17 heavy (non-hydrogen) atoms. The second-order valence-electron chi connectivity index (χ2n) is 4.53. The van der Waals surface area contributed by atoms with E-state index in [2.05, 4.69) is 10.00 Å². The van der Waals surface area contributed by atoms with Gasteiger partial charge in [0.25, 0.3) is 0 Å². The maximum atomic E-state index is 11.7. The number of esters is 1. The van der Waals surface area contributed by atoms with E-state index in [0.29, 0.717) is 0 Å². The molecule has 1 aromatic rings. The van der Waals surface area contributed by atoms with Crippen LogP contribution in [0.2, 0.25) is 0 Å². The molecule has 1 fully saturated rings. The van der Waals surface area contributed by atoms with Crippen LogP contribution in [0.25, 0.3) is 0 Å². The number of nitrogens with zero attached hydrogens (tertiary/aromatic N) is 3. The van der Waals surface area contributed by atoms with Crippen molar-refractivity contribution in [1.82, 2.24) is 14.7 Å². The summed E-state index contributed by atoms with van der Waals surface area (Å²) in [7, 11) is 3.36. The fourth-order valence-corrected chi connectivity index (χ4v) is 2.37. The summed E-state index contributed by atoms with van der Waals surface area (Å²) in [5, 5.41) is 4.15. The summed E-state index contributed by atoms with van der Waals surface area (Å²) < 4.78 is 6.65. The van der Waals surface area contributed by atoms with Crippen LogP contribution in [0, 0.1) is 0 Å². The van der Waals surface area contributed by atoms with Gasteiger partial charge in [0.2, 0.25) is 0 Å². The third kappa shape index (κ3) is 2.85. The Labute approximate surface area is 101 Å². The van der Waals surface area contributed by atoms with Crippen LogP contribution < -0.4 is 0 Å². The topological polar surface area (TPSA) is 47.4 Å². The lowest BCUT2D eigenvalue weighted by Gasteiger charge is -2.33. The molecule has 5 heteroatoms. The van der Waals surface area contributed by atoms with Crippen LogP contribution in [0.15, 0.2) is 12.4 Å². The highest BCUT2D eigenvalue weighted by Gasteiger charge is 2.29. The Morgan fingerprint density at radius 3 is 3.06 bits per heavy atom. The van der Waals surface area contributed by atoms with Crippen molar-refractivity contribution in [2.24, 2.45) is 7.05 Å². The zero-order valence-corrected chi connectivity index (χ0v) is 10.4. The highest BCUT2D eigenvalue weighted by molar-refractivity contribution is 5.75. The number of methoxy groups -OCH3 is 1. The molecular weight excluding hydrogens is 218 g/mol. The maximum Gasteiger partial charge on any atom is 0.323 e. The number of piperidine rings is 1. The predicted octanol–water partition coefficient (Wildman–Crippen LogP) is 0.948. The molecule has 94 valence electrons. The van der Waals surface area contributed by atoms with E-state index in [1.165, 1.54) is 7.11 Å². The number of carbonyl (C=O) groups excluding carboxylic acids is 1. The van der Waals surface area contributed by atoms with Gasteiger partial charge in [0, 0.05) is 25.4 Å². The van der Waals surface area contributed by atoms with E-state index in [-0.39, 0.29) is 12.0 Å². The third-order valence-corrected chi connectivity index (χ3v) is 3.23. The molecule has 0 bridgehead atoms. The molecule has 1 aliphatic rings. The van der Waals surface area contributed by atoms with Gasteiger partial charge in [-0.25, -0.2) is 0 Å². The molecule has 1 atom stereocenters. The molecule has 0 aliphatic carbocycles. The van der Waals surface area contributed by atoms with Gasteiger partial charge < -0.3 is 4.74 Å². The van der Waals surface area contributed by atoms with Crippen LogP contribution in [0.3, 0.4) is 0 Å². The van der Waals surface area contributed by atoms with Gasteiger partial charge in [0.15, 0.2) is 0 Å². The first kappa shape index (κ1) is 12.1. The second-order valence-corrected chi connectivity index (χ2v) is 4.53. The number of likely N-dealkylation sites (tertiary alicyclic amines) is 1. The van der Waals surface area contributed by atoms with E-state index in [1.54, 1.807) is 4.68 Å². The number of hydrogen-bond donors (Lipinski definition) is 0. The standard InChI is InChI=1S/C12H19N3O2/c1-14-8-10(7-13-14)9-15-6-4-3-5-11(15)12(16)17-2/h7-8,11H,3-6,9H2,1-2H3/t11-/m1/s1. The summed E-state index contributed by atoms with van der Waals surface area (Å²) in [5.41, 5.74) is 1.14. The Morgan fingerprint density at radius 1 is 1.59 bits per heavy atom. The number of hydrogen-bond acceptors (Lipinski definition) is 4. The van der Waals surface area contributed by atoms with Crippen molar-refractivity contribution in [2.45, 2.75) is 31.8 Å². The zero-order valence-electron chi connectivity index (χ0n) is 10.4. The molecule has 5 nitrogen and oxygen atoms in total. The predicted molar refractivity (Wildman–Crippen MR) is 63.3 cm³/mol. The Kier molecular flexibility index (Phi) is 3.78. The fraction of sp³-hybridized carbons (Fsp3) is 0.667. The minimum atomic E-state index is -0.117. The summed E-state index contributed by atoms with van der Waals surface area (Å²) in [4.78, 5) is 13.9.